The molecule has 0 fully saturated rings. The fourth-order valence-electron chi connectivity index (χ4n) is 2.05. The molecule has 0 spiro atoms. The zero-order valence-corrected chi connectivity index (χ0v) is 11.5. The summed E-state index contributed by atoms with van der Waals surface area (Å²) in [5, 5.41) is 0. The van der Waals surface area contributed by atoms with Gasteiger partial charge in [0.05, 0.1) is 12.6 Å². The van der Waals surface area contributed by atoms with Gasteiger partial charge in [-0.1, -0.05) is 13.8 Å². The molecule has 3 nitrogen and oxygen atoms in total. The molecule has 96 valence electrons. The molecule has 3 heteroatoms. The third kappa shape index (κ3) is 2.79. The number of rotatable bonds is 4. The molecule has 0 aliphatic carbocycles. The molecular weight excluding hydrogens is 212 g/mol. The number of benzene rings is 1. The summed E-state index contributed by atoms with van der Waals surface area (Å²) in [6.07, 6.45) is 0. The lowest BCUT2D eigenvalue weighted by molar-refractivity contribution is 0.405. The van der Waals surface area contributed by atoms with Crippen LogP contribution in [0.15, 0.2) is 12.1 Å². The van der Waals surface area contributed by atoms with Crippen molar-refractivity contribution in [2.24, 2.45) is 11.5 Å². The van der Waals surface area contributed by atoms with Crippen LogP contribution in [0.4, 0.5) is 0 Å². The first-order chi connectivity index (χ1) is 7.83. The highest BCUT2D eigenvalue weighted by Crippen LogP contribution is 2.32. The van der Waals surface area contributed by atoms with Crippen LogP contribution in [0.1, 0.15) is 43.4 Å². The first-order valence-corrected chi connectivity index (χ1v) is 6.01. The SMILES string of the molecule is COc1cc(C)c(C(C)(N)CN)cc1C(C)C. The minimum Gasteiger partial charge on any atom is -0.496 e. The molecule has 0 bridgehead atoms. The lowest BCUT2D eigenvalue weighted by atomic mass is 9.86. The second kappa shape index (κ2) is 5.07. The molecule has 0 aromatic heterocycles. The van der Waals surface area contributed by atoms with Gasteiger partial charge in [0.25, 0.3) is 0 Å². The number of aryl methyl sites for hydroxylation is 1. The maximum atomic E-state index is 6.23. The van der Waals surface area contributed by atoms with E-state index in [1.807, 2.05) is 19.9 Å². The predicted molar refractivity (Wildman–Crippen MR) is 72.4 cm³/mol. The Kier molecular flexibility index (Phi) is 4.17. The van der Waals surface area contributed by atoms with Crippen molar-refractivity contribution in [2.45, 2.75) is 39.2 Å². The summed E-state index contributed by atoms with van der Waals surface area (Å²) in [5.74, 6) is 1.33. The fraction of sp³-hybridized carbons (Fsp3) is 0.571. The van der Waals surface area contributed by atoms with Gasteiger partial charge >= 0.3 is 0 Å². The first kappa shape index (κ1) is 14.0. The minimum absolute atomic E-state index is 0.401. The Bertz CT molecular complexity index is 397. The van der Waals surface area contributed by atoms with E-state index in [9.17, 15) is 0 Å². The van der Waals surface area contributed by atoms with Gasteiger partial charge in [-0.15, -0.1) is 0 Å². The number of nitrogens with two attached hydrogens (primary N) is 2. The van der Waals surface area contributed by atoms with Crippen molar-refractivity contribution >= 4 is 0 Å². The minimum atomic E-state index is -0.486. The van der Waals surface area contributed by atoms with Gasteiger partial charge in [-0.2, -0.15) is 0 Å². The maximum absolute atomic E-state index is 6.23. The van der Waals surface area contributed by atoms with Gasteiger partial charge < -0.3 is 16.2 Å². The van der Waals surface area contributed by atoms with Crippen LogP contribution in [0, 0.1) is 6.92 Å². The highest BCUT2D eigenvalue weighted by atomic mass is 16.5. The summed E-state index contributed by atoms with van der Waals surface area (Å²) in [4.78, 5) is 0. The normalized spacial score (nSPS) is 14.8. The van der Waals surface area contributed by atoms with E-state index >= 15 is 0 Å². The molecule has 0 radical (unpaired) electrons. The zero-order chi connectivity index (χ0) is 13.2. The maximum Gasteiger partial charge on any atom is 0.122 e. The summed E-state index contributed by atoms with van der Waals surface area (Å²) in [5.41, 5.74) is 14.9. The molecule has 1 aromatic rings. The van der Waals surface area contributed by atoms with Gasteiger partial charge in [0.1, 0.15) is 5.75 Å². The van der Waals surface area contributed by atoms with Gasteiger partial charge in [0, 0.05) is 6.54 Å². The van der Waals surface area contributed by atoms with E-state index < -0.39 is 5.54 Å². The molecule has 1 rings (SSSR count). The third-order valence-corrected chi connectivity index (χ3v) is 3.24. The average Bonchev–Trinajstić information content (AvgIpc) is 2.27. The topological polar surface area (TPSA) is 61.3 Å². The van der Waals surface area contributed by atoms with Crippen molar-refractivity contribution < 1.29 is 4.74 Å². The van der Waals surface area contributed by atoms with Crippen LogP contribution >= 0.6 is 0 Å². The molecule has 0 aliphatic rings. The number of hydrogen-bond donors (Lipinski definition) is 2. The molecule has 4 N–H and O–H groups in total. The van der Waals surface area contributed by atoms with Crippen molar-refractivity contribution in [1.82, 2.24) is 0 Å². The number of ether oxygens (including phenoxy) is 1. The quantitative estimate of drug-likeness (QED) is 0.843. The van der Waals surface area contributed by atoms with E-state index in [4.69, 9.17) is 16.2 Å². The molecular formula is C14H24N2O. The lowest BCUT2D eigenvalue weighted by Crippen LogP contribution is -2.41. The number of methoxy groups -OCH3 is 1. The second-order valence-corrected chi connectivity index (χ2v) is 5.19. The predicted octanol–water partition coefficient (Wildman–Crippen LogP) is 2.26. The molecule has 1 atom stereocenters. The van der Waals surface area contributed by atoms with Crippen molar-refractivity contribution in [3.63, 3.8) is 0 Å². The summed E-state index contributed by atoms with van der Waals surface area (Å²) in [6.45, 7) is 8.73. The van der Waals surface area contributed by atoms with Crippen LogP contribution in [0.5, 0.6) is 5.75 Å². The van der Waals surface area contributed by atoms with Crippen molar-refractivity contribution in [3.05, 3.63) is 28.8 Å². The Hall–Kier alpha value is -1.06. The number of hydrogen-bond acceptors (Lipinski definition) is 3. The highest BCUT2D eigenvalue weighted by molar-refractivity contribution is 5.46. The van der Waals surface area contributed by atoms with Gasteiger partial charge in [-0.3, -0.25) is 0 Å². The van der Waals surface area contributed by atoms with Crippen LogP contribution in [0.25, 0.3) is 0 Å². The van der Waals surface area contributed by atoms with Crippen LogP contribution in [-0.4, -0.2) is 13.7 Å². The van der Waals surface area contributed by atoms with Crippen molar-refractivity contribution in [2.75, 3.05) is 13.7 Å². The Balaban J connectivity index is 3.39. The molecule has 0 amide bonds. The summed E-state index contributed by atoms with van der Waals surface area (Å²) < 4.78 is 5.42. The summed E-state index contributed by atoms with van der Waals surface area (Å²) >= 11 is 0. The van der Waals surface area contributed by atoms with E-state index in [-0.39, 0.29) is 0 Å². The molecule has 0 saturated carbocycles. The fourth-order valence-corrected chi connectivity index (χ4v) is 2.05. The van der Waals surface area contributed by atoms with Crippen LogP contribution in [0.3, 0.4) is 0 Å². The van der Waals surface area contributed by atoms with Crippen LogP contribution in [-0.2, 0) is 5.54 Å². The molecule has 1 unspecified atom stereocenters. The van der Waals surface area contributed by atoms with E-state index in [0.29, 0.717) is 12.5 Å². The first-order valence-electron chi connectivity index (χ1n) is 6.01. The monoisotopic (exact) mass is 236 g/mol. The third-order valence-electron chi connectivity index (χ3n) is 3.24. The van der Waals surface area contributed by atoms with E-state index in [1.54, 1.807) is 7.11 Å². The Labute approximate surface area is 104 Å². The highest BCUT2D eigenvalue weighted by Gasteiger charge is 2.23. The van der Waals surface area contributed by atoms with Gasteiger partial charge in [0.2, 0.25) is 0 Å². The zero-order valence-electron chi connectivity index (χ0n) is 11.5. The standard InChI is InChI=1S/C14H24N2O/c1-9(2)11-7-12(14(4,16)8-15)10(3)6-13(11)17-5/h6-7,9H,8,15-16H2,1-5H3. The van der Waals surface area contributed by atoms with Crippen LogP contribution < -0.4 is 16.2 Å². The lowest BCUT2D eigenvalue weighted by Gasteiger charge is -2.27. The average molecular weight is 236 g/mol. The Morgan fingerprint density at radius 3 is 2.35 bits per heavy atom. The summed E-state index contributed by atoms with van der Waals surface area (Å²) in [6, 6.07) is 4.18. The molecule has 0 saturated heterocycles. The van der Waals surface area contributed by atoms with E-state index in [2.05, 4.69) is 19.9 Å². The van der Waals surface area contributed by atoms with Gasteiger partial charge in [-0.25, -0.2) is 0 Å². The smallest absolute Gasteiger partial charge is 0.122 e. The van der Waals surface area contributed by atoms with Gasteiger partial charge in [-0.05, 0) is 48.6 Å². The Morgan fingerprint density at radius 2 is 1.94 bits per heavy atom. The second-order valence-electron chi connectivity index (χ2n) is 5.19. The van der Waals surface area contributed by atoms with Gasteiger partial charge in [0.15, 0.2) is 0 Å². The molecule has 1 aromatic carbocycles. The van der Waals surface area contributed by atoms with Crippen LogP contribution in [0.2, 0.25) is 0 Å². The molecule has 0 heterocycles. The molecule has 17 heavy (non-hydrogen) atoms. The van der Waals surface area contributed by atoms with Crippen molar-refractivity contribution in [1.29, 1.82) is 0 Å². The van der Waals surface area contributed by atoms with E-state index in [1.165, 1.54) is 5.56 Å². The molecule has 0 aliphatic heterocycles. The van der Waals surface area contributed by atoms with Crippen molar-refractivity contribution in [3.8, 4) is 5.75 Å². The largest absolute Gasteiger partial charge is 0.496 e. The summed E-state index contributed by atoms with van der Waals surface area (Å²) in [7, 11) is 1.70. The Morgan fingerprint density at radius 1 is 1.35 bits per heavy atom. The van der Waals surface area contributed by atoms with E-state index in [0.717, 1.165) is 16.9 Å².